The maximum atomic E-state index is 13.2. The van der Waals surface area contributed by atoms with E-state index < -0.39 is 11.6 Å². The molecule has 4 rings (SSSR count). The van der Waals surface area contributed by atoms with Gasteiger partial charge in [0.15, 0.2) is 0 Å². The van der Waals surface area contributed by atoms with E-state index in [-0.39, 0.29) is 0 Å². The molecule has 1 saturated carbocycles. The van der Waals surface area contributed by atoms with Crippen LogP contribution in [0.2, 0.25) is 0 Å². The second-order valence-electron chi connectivity index (χ2n) is 5.77. The molecule has 2 heterocycles. The molecule has 124 valence electrons. The quantitative estimate of drug-likeness (QED) is 0.680. The van der Waals surface area contributed by atoms with E-state index in [1.54, 1.807) is 0 Å². The van der Waals surface area contributed by atoms with Crippen LogP contribution in [0.15, 0.2) is 35.1 Å². The largest absolute Gasteiger partial charge is 0.378 e. The van der Waals surface area contributed by atoms with Crippen LogP contribution in [0.4, 0.5) is 14.5 Å². The summed E-state index contributed by atoms with van der Waals surface area (Å²) in [5.41, 5.74) is 1.87. The van der Waals surface area contributed by atoms with Crippen LogP contribution in [0.25, 0.3) is 11.4 Å². The van der Waals surface area contributed by atoms with E-state index in [9.17, 15) is 8.78 Å². The Morgan fingerprint density at radius 2 is 2.00 bits per heavy atom. The molecule has 5 nitrogen and oxygen atoms in total. The van der Waals surface area contributed by atoms with E-state index in [0.29, 0.717) is 24.1 Å². The lowest BCUT2D eigenvalue weighted by Crippen LogP contribution is -2.02. The summed E-state index contributed by atoms with van der Waals surface area (Å²) in [5, 5.41) is 7.49. The van der Waals surface area contributed by atoms with Gasteiger partial charge in [-0.3, -0.25) is 4.68 Å². The number of imidazole rings is 1. The van der Waals surface area contributed by atoms with Crippen LogP contribution >= 0.6 is 15.9 Å². The molecule has 0 saturated heterocycles. The highest BCUT2D eigenvalue weighted by atomic mass is 79.9. The molecule has 24 heavy (non-hydrogen) atoms. The Balaban J connectivity index is 1.50. The van der Waals surface area contributed by atoms with Gasteiger partial charge in [-0.15, -0.1) is 0 Å². The summed E-state index contributed by atoms with van der Waals surface area (Å²) in [7, 11) is 0. The van der Waals surface area contributed by atoms with Crippen LogP contribution in [0.3, 0.4) is 0 Å². The molecule has 1 fully saturated rings. The summed E-state index contributed by atoms with van der Waals surface area (Å²) in [6, 6.07) is 5.75. The molecule has 0 spiro atoms. The molecular weight excluding hydrogens is 380 g/mol. The van der Waals surface area contributed by atoms with Crippen molar-refractivity contribution in [1.82, 2.24) is 19.7 Å². The predicted molar refractivity (Wildman–Crippen MR) is 89.5 cm³/mol. The molecule has 0 atom stereocenters. The second-order valence-corrected chi connectivity index (χ2v) is 6.56. The van der Waals surface area contributed by atoms with Crippen molar-refractivity contribution in [2.24, 2.45) is 0 Å². The molecule has 2 N–H and O–H groups in total. The third-order valence-corrected chi connectivity index (χ3v) is 4.38. The van der Waals surface area contributed by atoms with E-state index in [2.05, 4.69) is 36.3 Å². The number of hydrogen-bond acceptors (Lipinski definition) is 3. The Hall–Kier alpha value is -2.22. The van der Waals surface area contributed by atoms with Crippen LogP contribution in [-0.4, -0.2) is 19.7 Å². The zero-order chi connectivity index (χ0) is 16.7. The fourth-order valence-electron chi connectivity index (χ4n) is 2.50. The van der Waals surface area contributed by atoms with Crippen molar-refractivity contribution in [3.63, 3.8) is 0 Å². The van der Waals surface area contributed by atoms with E-state index in [1.165, 1.54) is 25.0 Å². The first kappa shape index (κ1) is 15.3. The van der Waals surface area contributed by atoms with Gasteiger partial charge in [0.05, 0.1) is 12.6 Å². The van der Waals surface area contributed by atoms with Gasteiger partial charge in [-0.05, 0) is 47.0 Å². The molecule has 2 aromatic heterocycles. The zero-order valence-corrected chi connectivity index (χ0v) is 14.1. The minimum absolute atomic E-state index is 0.310. The Labute approximate surface area is 145 Å². The molecular formula is C16H14BrF2N5. The third-order valence-electron chi connectivity index (χ3n) is 3.80. The highest BCUT2D eigenvalue weighted by Gasteiger charge is 2.25. The van der Waals surface area contributed by atoms with Gasteiger partial charge in [-0.2, -0.15) is 5.10 Å². The number of aromatic amines is 1. The molecule has 1 aromatic carbocycles. The molecule has 0 amide bonds. The number of halogens is 3. The van der Waals surface area contributed by atoms with Crippen molar-refractivity contribution < 1.29 is 8.78 Å². The fourth-order valence-corrected chi connectivity index (χ4v) is 3.02. The van der Waals surface area contributed by atoms with E-state index >= 15 is 0 Å². The Morgan fingerprint density at radius 3 is 2.71 bits per heavy atom. The summed E-state index contributed by atoms with van der Waals surface area (Å²) >= 11 is 3.45. The average Bonchev–Trinajstić information content (AvgIpc) is 3.14. The first-order valence-corrected chi connectivity index (χ1v) is 8.37. The Morgan fingerprint density at radius 1 is 1.25 bits per heavy atom. The number of nitrogens with zero attached hydrogens (tertiary/aromatic N) is 3. The van der Waals surface area contributed by atoms with Gasteiger partial charge in [-0.1, -0.05) is 0 Å². The highest BCUT2D eigenvalue weighted by molar-refractivity contribution is 9.10. The number of nitrogens with one attached hydrogen (secondary N) is 2. The number of anilines is 1. The lowest BCUT2D eigenvalue weighted by molar-refractivity contribution is 0.584. The predicted octanol–water partition coefficient (Wildman–Crippen LogP) is 4.26. The van der Waals surface area contributed by atoms with Gasteiger partial charge in [-0.25, -0.2) is 13.8 Å². The van der Waals surface area contributed by atoms with Crippen LogP contribution in [-0.2, 0) is 6.54 Å². The maximum absolute atomic E-state index is 13.2. The summed E-state index contributed by atoms with van der Waals surface area (Å²) in [6.45, 7) is 0.310. The van der Waals surface area contributed by atoms with Crippen molar-refractivity contribution in [1.29, 1.82) is 0 Å². The Kier molecular flexibility index (Phi) is 3.84. The van der Waals surface area contributed by atoms with Gasteiger partial charge in [0.2, 0.25) is 0 Å². The molecule has 0 aliphatic heterocycles. The van der Waals surface area contributed by atoms with Crippen molar-refractivity contribution in [2.75, 3.05) is 5.32 Å². The summed E-state index contributed by atoms with van der Waals surface area (Å²) in [5.74, 6) is -0.601. The smallest absolute Gasteiger partial charge is 0.128 e. The van der Waals surface area contributed by atoms with Crippen molar-refractivity contribution in [2.45, 2.75) is 25.4 Å². The third kappa shape index (κ3) is 3.19. The Bertz CT molecular complexity index is 864. The summed E-state index contributed by atoms with van der Waals surface area (Å²) in [4.78, 5) is 7.61. The van der Waals surface area contributed by atoms with Gasteiger partial charge < -0.3 is 10.3 Å². The number of benzene rings is 1. The van der Waals surface area contributed by atoms with Crippen LogP contribution < -0.4 is 5.32 Å². The number of aromatic nitrogens is 4. The average molecular weight is 394 g/mol. The molecule has 0 unspecified atom stereocenters. The number of hydrogen-bond donors (Lipinski definition) is 2. The monoisotopic (exact) mass is 393 g/mol. The van der Waals surface area contributed by atoms with Crippen LogP contribution in [0.5, 0.6) is 0 Å². The lowest BCUT2D eigenvalue weighted by Gasteiger charge is -2.04. The highest BCUT2D eigenvalue weighted by Crippen LogP contribution is 2.35. The minimum Gasteiger partial charge on any atom is -0.378 e. The number of H-pyrrole nitrogens is 1. The summed E-state index contributed by atoms with van der Waals surface area (Å²) < 4.78 is 29.1. The van der Waals surface area contributed by atoms with Crippen LogP contribution in [0, 0.1) is 11.6 Å². The second kappa shape index (κ2) is 6.01. The molecule has 1 aliphatic rings. The molecule has 0 bridgehead atoms. The molecule has 1 aliphatic carbocycles. The lowest BCUT2D eigenvalue weighted by atomic mass is 10.3. The first-order valence-electron chi connectivity index (χ1n) is 7.58. The van der Waals surface area contributed by atoms with Crippen molar-refractivity contribution >= 4 is 21.6 Å². The normalized spacial score (nSPS) is 14.1. The first-order chi connectivity index (χ1) is 11.6. The van der Waals surface area contributed by atoms with Gasteiger partial charge in [0.1, 0.15) is 33.4 Å². The van der Waals surface area contributed by atoms with Crippen molar-refractivity contribution in [3.8, 4) is 11.4 Å². The molecule has 3 aromatic rings. The topological polar surface area (TPSA) is 58.5 Å². The fraction of sp³-hybridized carbons (Fsp3) is 0.250. The summed E-state index contributed by atoms with van der Waals surface area (Å²) in [6.07, 6.45) is 4.30. The van der Waals surface area contributed by atoms with E-state index in [0.717, 1.165) is 22.1 Å². The SMILES string of the molecule is Fc1cc(F)cc(NCc2nc(-c3ccn(C4CC4)n3)c(Br)[nH]2)c1. The van der Waals surface area contributed by atoms with E-state index in [1.807, 2.05) is 16.9 Å². The van der Waals surface area contributed by atoms with E-state index in [4.69, 9.17) is 0 Å². The van der Waals surface area contributed by atoms with Crippen LogP contribution in [0.1, 0.15) is 24.7 Å². The van der Waals surface area contributed by atoms with Gasteiger partial charge in [0.25, 0.3) is 0 Å². The molecule has 8 heteroatoms. The molecule has 0 radical (unpaired) electrons. The minimum atomic E-state index is -0.621. The zero-order valence-electron chi connectivity index (χ0n) is 12.6. The van der Waals surface area contributed by atoms with Crippen molar-refractivity contribution in [3.05, 3.63) is 52.5 Å². The van der Waals surface area contributed by atoms with Gasteiger partial charge in [0, 0.05) is 18.0 Å². The standard InChI is InChI=1S/C16H14BrF2N5/c17-16-15(13-3-4-24(23-13)12-1-2-12)21-14(22-16)8-20-11-6-9(18)5-10(19)7-11/h3-7,12,20H,1-2,8H2,(H,21,22). The van der Waals surface area contributed by atoms with Gasteiger partial charge >= 0.3 is 0 Å². The number of rotatable bonds is 5. The maximum Gasteiger partial charge on any atom is 0.128 e.